The van der Waals surface area contributed by atoms with E-state index in [1.807, 2.05) is 11.9 Å². The highest BCUT2D eigenvalue weighted by molar-refractivity contribution is 5.96. The van der Waals surface area contributed by atoms with Crippen LogP contribution in [-0.4, -0.2) is 50.7 Å². The zero-order chi connectivity index (χ0) is 15.5. The Bertz CT molecular complexity index is 538. The number of fused-ring (bicyclic) bond motifs is 1. The van der Waals surface area contributed by atoms with Crippen molar-refractivity contribution in [3.8, 4) is 0 Å². The molecule has 0 bridgehead atoms. The molecule has 1 fully saturated rings. The van der Waals surface area contributed by atoms with Gasteiger partial charge in [0.25, 0.3) is 0 Å². The van der Waals surface area contributed by atoms with E-state index in [2.05, 4.69) is 30.0 Å². The third-order valence-corrected chi connectivity index (χ3v) is 4.65. The highest BCUT2D eigenvalue weighted by atomic mass is 16.5. The van der Waals surface area contributed by atoms with Gasteiger partial charge < -0.3 is 9.64 Å². The molecule has 3 rings (SSSR count). The third-order valence-electron chi connectivity index (χ3n) is 4.65. The average molecular weight is 302 g/mol. The first-order chi connectivity index (χ1) is 10.6. The molecule has 2 aliphatic heterocycles. The number of carbonyl (C=O) groups excluding carboxylic acids is 1. The Kier molecular flexibility index (Phi) is 4.79. The van der Waals surface area contributed by atoms with E-state index in [4.69, 9.17) is 4.74 Å². The summed E-state index contributed by atoms with van der Waals surface area (Å²) in [6.45, 7) is 6.09. The minimum atomic E-state index is 0.214. The number of carbonyl (C=O) groups is 1. The van der Waals surface area contributed by atoms with E-state index in [0.29, 0.717) is 12.5 Å². The molecule has 1 atom stereocenters. The largest absolute Gasteiger partial charge is 0.381 e. The molecule has 1 aromatic rings. The fraction of sp³-hybridized carbons (Fsp3) is 0.611. The lowest BCUT2D eigenvalue weighted by Crippen LogP contribution is -2.42. The molecule has 4 heteroatoms. The van der Waals surface area contributed by atoms with Crippen molar-refractivity contribution in [2.45, 2.75) is 26.2 Å². The Morgan fingerprint density at radius 3 is 3.09 bits per heavy atom. The number of rotatable bonds is 4. The molecule has 120 valence electrons. The Balaban J connectivity index is 1.63. The van der Waals surface area contributed by atoms with Crippen molar-refractivity contribution >= 4 is 11.6 Å². The normalized spacial score (nSPS) is 21.2. The first-order valence-electron chi connectivity index (χ1n) is 8.29. The lowest BCUT2D eigenvalue weighted by atomic mass is 9.99. The molecule has 2 heterocycles. The van der Waals surface area contributed by atoms with Crippen LogP contribution in [0, 0.1) is 12.8 Å². The molecule has 22 heavy (non-hydrogen) atoms. The van der Waals surface area contributed by atoms with E-state index in [-0.39, 0.29) is 5.91 Å². The predicted molar refractivity (Wildman–Crippen MR) is 88.3 cm³/mol. The number of ether oxygens (including phenoxy) is 1. The molecule has 0 unspecified atom stereocenters. The number of hydrogen-bond acceptors (Lipinski definition) is 3. The molecule has 0 N–H and O–H groups in total. The Labute approximate surface area is 133 Å². The van der Waals surface area contributed by atoms with E-state index >= 15 is 0 Å². The molecule has 0 radical (unpaired) electrons. The first kappa shape index (κ1) is 15.5. The van der Waals surface area contributed by atoms with Crippen LogP contribution in [0.4, 0.5) is 5.69 Å². The summed E-state index contributed by atoms with van der Waals surface area (Å²) < 4.78 is 5.41. The van der Waals surface area contributed by atoms with E-state index in [0.717, 1.165) is 51.3 Å². The monoisotopic (exact) mass is 302 g/mol. The fourth-order valence-corrected chi connectivity index (χ4v) is 3.53. The van der Waals surface area contributed by atoms with Crippen LogP contribution in [-0.2, 0) is 16.0 Å². The summed E-state index contributed by atoms with van der Waals surface area (Å²) in [5.74, 6) is 0.792. The molecular weight excluding hydrogens is 276 g/mol. The predicted octanol–water partition coefficient (Wildman–Crippen LogP) is 2.24. The molecule has 1 saturated heterocycles. The van der Waals surface area contributed by atoms with Crippen LogP contribution in [0.5, 0.6) is 0 Å². The van der Waals surface area contributed by atoms with Crippen molar-refractivity contribution in [1.29, 1.82) is 0 Å². The lowest BCUT2D eigenvalue weighted by Gasteiger charge is -2.31. The smallest absolute Gasteiger partial charge is 0.241 e. The first-order valence-corrected chi connectivity index (χ1v) is 8.29. The molecule has 0 aliphatic carbocycles. The third kappa shape index (κ3) is 3.50. The summed E-state index contributed by atoms with van der Waals surface area (Å²) in [6.07, 6.45) is 3.25. The number of anilines is 1. The molecule has 2 aliphatic rings. The summed E-state index contributed by atoms with van der Waals surface area (Å²) in [5.41, 5.74) is 3.69. The van der Waals surface area contributed by atoms with Gasteiger partial charge in [0.2, 0.25) is 5.91 Å². The zero-order valence-corrected chi connectivity index (χ0v) is 13.7. The van der Waals surface area contributed by atoms with Crippen molar-refractivity contribution in [3.05, 3.63) is 29.3 Å². The summed E-state index contributed by atoms with van der Waals surface area (Å²) in [7, 11) is 2.04. The molecule has 1 aromatic carbocycles. The van der Waals surface area contributed by atoms with Gasteiger partial charge in [-0.05, 0) is 50.8 Å². The molecule has 0 saturated carbocycles. The lowest BCUT2D eigenvalue weighted by molar-refractivity contribution is -0.119. The minimum absolute atomic E-state index is 0.214. The van der Waals surface area contributed by atoms with Crippen LogP contribution in [0.25, 0.3) is 0 Å². The van der Waals surface area contributed by atoms with Gasteiger partial charge in [0.05, 0.1) is 13.2 Å². The van der Waals surface area contributed by atoms with Crippen LogP contribution < -0.4 is 4.90 Å². The summed E-state index contributed by atoms with van der Waals surface area (Å²) in [5, 5.41) is 0. The second-order valence-corrected chi connectivity index (χ2v) is 6.71. The van der Waals surface area contributed by atoms with Crippen molar-refractivity contribution in [2.75, 3.05) is 44.8 Å². The van der Waals surface area contributed by atoms with Gasteiger partial charge in [-0.15, -0.1) is 0 Å². The molecule has 0 aromatic heterocycles. The fourth-order valence-electron chi connectivity index (χ4n) is 3.53. The second kappa shape index (κ2) is 6.80. The van der Waals surface area contributed by atoms with Gasteiger partial charge in [-0.3, -0.25) is 9.69 Å². The van der Waals surface area contributed by atoms with Gasteiger partial charge in [-0.25, -0.2) is 0 Å². The van der Waals surface area contributed by atoms with Gasteiger partial charge in [0.15, 0.2) is 0 Å². The van der Waals surface area contributed by atoms with Crippen LogP contribution in [0.15, 0.2) is 18.2 Å². The molecular formula is C18H26N2O2. The highest BCUT2D eigenvalue weighted by Crippen LogP contribution is 2.28. The number of likely N-dealkylation sites (N-methyl/N-ethyl adjacent to an activating group) is 1. The van der Waals surface area contributed by atoms with E-state index in [1.54, 1.807) is 0 Å². The zero-order valence-electron chi connectivity index (χ0n) is 13.7. The number of nitrogens with zero attached hydrogens (tertiary/aromatic N) is 2. The Morgan fingerprint density at radius 1 is 1.45 bits per heavy atom. The van der Waals surface area contributed by atoms with Crippen LogP contribution >= 0.6 is 0 Å². The summed E-state index contributed by atoms with van der Waals surface area (Å²) >= 11 is 0. The average Bonchev–Trinajstić information content (AvgIpc) is 2.98. The van der Waals surface area contributed by atoms with E-state index in [9.17, 15) is 4.79 Å². The van der Waals surface area contributed by atoms with Crippen molar-refractivity contribution in [3.63, 3.8) is 0 Å². The maximum Gasteiger partial charge on any atom is 0.241 e. The standard InChI is InChI=1S/C18H26N2O2/c1-14-5-6-17-16(10-14)4-3-8-20(17)18(21)12-19(2)11-15-7-9-22-13-15/h5-6,10,15H,3-4,7-9,11-13H2,1-2H3/t15-/m1/s1. The van der Waals surface area contributed by atoms with Crippen molar-refractivity contribution in [2.24, 2.45) is 5.92 Å². The highest BCUT2D eigenvalue weighted by Gasteiger charge is 2.24. The van der Waals surface area contributed by atoms with Gasteiger partial charge in [0.1, 0.15) is 0 Å². The van der Waals surface area contributed by atoms with Gasteiger partial charge in [0, 0.05) is 25.4 Å². The number of hydrogen-bond donors (Lipinski definition) is 0. The van der Waals surface area contributed by atoms with Gasteiger partial charge >= 0.3 is 0 Å². The van der Waals surface area contributed by atoms with Gasteiger partial charge in [-0.1, -0.05) is 17.7 Å². The van der Waals surface area contributed by atoms with E-state index < -0.39 is 0 Å². The topological polar surface area (TPSA) is 32.8 Å². The number of benzene rings is 1. The Morgan fingerprint density at radius 2 is 2.32 bits per heavy atom. The molecule has 0 spiro atoms. The quantitative estimate of drug-likeness (QED) is 0.855. The van der Waals surface area contributed by atoms with Crippen LogP contribution in [0.3, 0.4) is 0 Å². The molecule has 4 nitrogen and oxygen atoms in total. The van der Waals surface area contributed by atoms with Crippen molar-refractivity contribution < 1.29 is 9.53 Å². The Hall–Kier alpha value is -1.39. The van der Waals surface area contributed by atoms with E-state index in [1.165, 1.54) is 11.1 Å². The van der Waals surface area contributed by atoms with Gasteiger partial charge in [-0.2, -0.15) is 0 Å². The van der Waals surface area contributed by atoms with Crippen molar-refractivity contribution in [1.82, 2.24) is 4.90 Å². The second-order valence-electron chi connectivity index (χ2n) is 6.71. The summed E-state index contributed by atoms with van der Waals surface area (Å²) in [6, 6.07) is 6.42. The SMILES string of the molecule is Cc1ccc2c(c1)CCCN2C(=O)CN(C)C[C@H]1CCOC1. The maximum atomic E-state index is 12.7. The maximum absolute atomic E-state index is 12.7. The van der Waals surface area contributed by atoms with Crippen LogP contribution in [0.1, 0.15) is 24.0 Å². The number of amides is 1. The number of aryl methyl sites for hydroxylation is 2. The van der Waals surface area contributed by atoms with Crippen LogP contribution in [0.2, 0.25) is 0 Å². The molecule has 1 amide bonds. The minimum Gasteiger partial charge on any atom is -0.381 e. The summed E-state index contributed by atoms with van der Waals surface area (Å²) in [4.78, 5) is 16.8.